The van der Waals surface area contributed by atoms with Crippen molar-refractivity contribution < 1.29 is 8.42 Å². The minimum atomic E-state index is -3.36. The van der Waals surface area contributed by atoms with Crippen molar-refractivity contribution in [3.05, 3.63) is 16.5 Å². The molecule has 2 aliphatic rings. The summed E-state index contributed by atoms with van der Waals surface area (Å²) in [5.41, 5.74) is 1.07. The summed E-state index contributed by atoms with van der Waals surface area (Å²) >= 11 is 1.40. The molecule has 1 aromatic rings. The lowest BCUT2D eigenvalue weighted by Gasteiger charge is -2.12. The van der Waals surface area contributed by atoms with Crippen LogP contribution < -0.4 is 10.0 Å². The summed E-state index contributed by atoms with van der Waals surface area (Å²) in [7, 11) is -3.36. The van der Waals surface area contributed by atoms with Crippen LogP contribution in [0.15, 0.2) is 10.3 Å². The fraction of sp³-hybridized carbons (Fsp3) is 0.733. The zero-order valence-electron chi connectivity index (χ0n) is 12.7. The fourth-order valence-electron chi connectivity index (χ4n) is 2.55. The van der Waals surface area contributed by atoms with Crippen LogP contribution in [0.1, 0.15) is 49.5 Å². The van der Waals surface area contributed by atoms with Gasteiger partial charge in [-0.25, -0.2) is 13.1 Å². The molecular formula is C15H24N2O2S2. The first-order chi connectivity index (χ1) is 9.94. The average Bonchev–Trinajstić information content (AvgIpc) is 3.29. The Balaban J connectivity index is 1.64. The van der Waals surface area contributed by atoms with Crippen LogP contribution in [-0.4, -0.2) is 20.5 Å². The van der Waals surface area contributed by atoms with Gasteiger partial charge in [0.25, 0.3) is 0 Å². The summed E-state index contributed by atoms with van der Waals surface area (Å²) in [5, 5.41) is 3.45. The molecule has 21 heavy (non-hydrogen) atoms. The van der Waals surface area contributed by atoms with E-state index in [2.05, 4.69) is 10.0 Å². The van der Waals surface area contributed by atoms with Crippen molar-refractivity contribution in [1.82, 2.24) is 10.0 Å². The molecule has 1 heterocycles. The third kappa shape index (κ3) is 4.28. The van der Waals surface area contributed by atoms with E-state index in [4.69, 9.17) is 0 Å². The molecule has 2 saturated carbocycles. The van der Waals surface area contributed by atoms with Gasteiger partial charge in [0, 0.05) is 23.5 Å². The van der Waals surface area contributed by atoms with Crippen molar-refractivity contribution in [2.24, 2.45) is 5.92 Å². The van der Waals surface area contributed by atoms with Crippen LogP contribution in [0.25, 0.3) is 0 Å². The Kier molecular flexibility index (Phi) is 4.41. The number of thiophene rings is 1. The van der Waals surface area contributed by atoms with Gasteiger partial charge in [0.15, 0.2) is 0 Å². The molecule has 2 aliphatic carbocycles. The maximum atomic E-state index is 12.4. The Bertz CT molecular complexity index is 601. The van der Waals surface area contributed by atoms with Crippen molar-refractivity contribution in [1.29, 1.82) is 0 Å². The fourth-order valence-corrected chi connectivity index (χ4v) is 5.36. The third-order valence-corrected chi connectivity index (χ3v) is 7.43. The molecule has 6 heteroatoms. The normalized spacial score (nSPS) is 20.7. The van der Waals surface area contributed by atoms with Crippen LogP contribution in [0.2, 0.25) is 0 Å². The minimum absolute atomic E-state index is 0.0259. The van der Waals surface area contributed by atoms with Gasteiger partial charge in [0.2, 0.25) is 10.0 Å². The van der Waals surface area contributed by atoms with Crippen molar-refractivity contribution >= 4 is 21.4 Å². The lowest BCUT2D eigenvalue weighted by atomic mass is 10.2. The summed E-state index contributed by atoms with van der Waals surface area (Å²) in [6.45, 7) is 4.74. The lowest BCUT2D eigenvalue weighted by Crippen LogP contribution is -2.32. The van der Waals surface area contributed by atoms with Gasteiger partial charge in [-0.15, -0.1) is 11.3 Å². The summed E-state index contributed by atoms with van der Waals surface area (Å²) in [5.74, 6) is 0.728. The Labute approximate surface area is 131 Å². The number of aryl methyl sites for hydroxylation is 1. The van der Waals surface area contributed by atoms with Gasteiger partial charge in [0.1, 0.15) is 4.21 Å². The maximum absolute atomic E-state index is 12.4. The van der Waals surface area contributed by atoms with Gasteiger partial charge < -0.3 is 5.32 Å². The topological polar surface area (TPSA) is 58.2 Å². The maximum Gasteiger partial charge on any atom is 0.250 e. The van der Waals surface area contributed by atoms with Crippen LogP contribution in [0.4, 0.5) is 0 Å². The molecule has 0 amide bonds. The largest absolute Gasteiger partial charge is 0.309 e. The molecule has 0 bridgehead atoms. The molecular weight excluding hydrogens is 304 g/mol. The Morgan fingerprint density at radius 3 is 2.67 bits per heavy atom. The van der Waals surface area contributed by atoms with Gasteiger partial charge in [-0.05, 0) is 50.7 Å². The second kappa shape index (κ2) is 5.99. The summed E-state index contributed by atoms with van der Waals surface area (Å²) in [6, 6.07) is 2.47. The molecule has 0 aliphatic heterocycles. The van der Waals surface area contributed by atoms with Gasteiger partial charge in [-0.1, -0.05) is 12.8 Å². The van der Waals surface area contributed by atoms with E-state index in [0.717, 1.165) is 29.3 Å². The van der Waals surface area contributed by atoms with E-state index in [9.17, 15) is 8.42 Å². The molecule has 0 spiro atoms. The highest BCUT2D eigenvalue weighted by atomic mass is 32.2. The van der Waals surface area contributed by atoms with Crippen molar-refractivity contribution in [3.8, 4) is 0 Å². The first-order valence-corrected chi connectivity index (χ1v) is 10.1. The molecule has 118 valence electrons. The quantitative estimate of drug-likeness (QED) is 0.771. The second-order valence-corrected chi connectivity index (χ2v) is 9.61. The zero-order chi connectivity index (χ0) is 15.0. The summed E-state index contributed by atoms with van der Waals surface area (Å²) < 4.78 is 28.2. The number of rotatable bonds is 8. The molecule has 0 radical (unpaired) electrons. The van der Waals surface area contributed by atoms with Crippen LogP contribution in [0.5, 0.6) is 0 Å². The summed E-state index contributed by atoms with van der Waals surface area (Å²) in [6.07, 6.45) is 5.95. The predicted octanol–water partition coefficient (Wildman–Crippen LogP) is 2.78. The van der Waals surface area contributed by atoms with Crippen molar-refractivity contribution in [2.45, 2.75) is 68.8 Å². The van der Waals surface area contributed by atoms with E-state index in [-0.39, 0.29) is 6.04 Å². The van der Waals surface area contributed by atoms with Gasteiger partial charge in [-0.2, -0.15) is 0 Å². The smallest absolute Gasteiger partial charge is 0.250 e. The Morgan fingerprint density at radius 1 is 1.33 bits per heavy atom. The highest BCUT2D eigenvalue weighted by Gasteiger charge is 2.27. The van der Waals surface area contributed by atoms with Gasteiger partial charge in [-0.3, -0.25) is 0 Å². The van der Waals surface area contributed by atoms with E-state index < -0.39 is 10.0 Å². The number of hydrogen-bond acceptors (Lipinski definition) is 4. The van der Waals surface area contributed by atoms with Crippen molar-refractivity contribution in [3.63, 3.8) is 0 Å². The van der Waals surface area contributed by atoms with Crippen LogP contribution in [0, 0.1) is 12.8 Å². The zero-order valence-corrected chi connectivity index (χ0v) is 14.3. The average molecular weight is 329 g/mol. The predicted molar refractivity (Wildman–Crippen MR) is 86.0 cm³/mol. The van der Waals surface area contributed by atoms with Crippen LogP contribution >= 0.6 is 11.3 Å². The second-order valence-electron chi connectivity index (χ2n) is 6.53. The number of sulfonamides is 1. The highest BCUT2D eigenvalue weighted by Crippen LogP contribution is 2.34. The SMILES string of the molecule is Cc1cc(S(=O)(=O)NC(C)CC2CC2)sc1CNC1CC1. The van der Waals surface area contributed by atoms with E-state index in [0.29, 0.717) is 10.3 Å². The minimum Gasteiger partial charge on any atom is -0.309 e. The lowest BCUT2D eigenvalue weighted by molar-refractivity contribution is 0.531. The highest BCUT2D eigenvalue weighted by molar-refractivity contribution is 7.91. The molecule has 0 aromatic carbocycles. The van der Waals surface area contributed by atoms with Crippen LogP contribution in [-0.2, 0) is 16.6 Å². The molecule has 1 atom stereocenters. The monoisotopic (exact) mass is 328 g/mol. The van der Waals surface area contributed by atoms with E-state index in [1.807, 2.05) is 13.8 Å². The molecule has 1 unspecified atom stereocenters. The molecule has 2 N–H and O–H groups in total. The number of hydrogen-bond donors (Lipinski definition) is 2. The van der Waals surface area contributed by atoms with E-state index >= 15 is 0 Å². The van der Waals surface area contributed by atoms with Crippen molar-refractivity contribution in [2.75, 3.05) is 0 Å². The Morgan fingerprint density at radius 2 is 2.05 bits per heavy atom. The third-order valence-electron chi connectivity index (χ3n) is 4.13. The molecule has 3 rings (SSSR count). The van der Waals surface area contributed by atoms with Gasteiger partial charge in [0.05, 0.1) is 0 Å². The summed E-state index contributed by atoms with van der Waals surface area (Å²) in [4.78, 5) is 1.14. The number of nitrogens with one attached hydrogen (secondary N) is 2. The molecule has 1 aromatic heterocycles. The van der Waals surface area contributed by atoms with Gasteiger partial charge >= 0.3 is 0 Å². The molecule has 2 fully saturated rings. The van der Waals surface area contributed by atoms with Crippen LogP contribution in [0.3, 0.4) is 0 Å². The van der Waals surface area contributed by atoms with E-state index in [1.165, 1.54) is 37.0 Å². The first-order valence-electron chi connectivity index (χ1n) is 7.79. The first kappa shape index (κ1) is 15.5. The molecule has 0 saturated heterocycles. The standard InChI is InChI=1S/C15H24N2O2S2/c1-10-7-15(20-14(10)9-16-13-5-6-13)21(18,19)17-11(2)8-12-3-4-12/h7,11-13,16-17H,3-6,8-9H2,1-2H3. The molecule has 4 nitrogen and oxygen atoms in total. The Hall–Kier alpha value is -0.430. The van der Waals surface area contributed by atoms with E-state index in [1.54, 1.807) is 6.07 Å².